The van der Waals surface area contributed by atoms with Crippen molar-refractivity contribution < 1.29 is 13.2 Å². The van der Waals surface area contributed by atoms with Gasteiger partial charge in [-0.1, -0.05) is 6.92 Å². The first-order chi connectivity index (χ1) is 8.90. The normalized spacial score (nSPS) is 17.3. The molecule has 1 aromatic heterocycles. The fourth-order valence-corrected chi connectivity index (χ4v) is 2.01. The second-order valence-electron chi connectivity index (χ2n) is 4.93. The van der Waals surface area contributed by atoms with Crippen molar-refractivity contribution >= 4 is 5.69 Å². The number of nitrogens with two attached hydrogens (primary N) is 1. The second kappa shape index (κ2) is 5.36. The number of aromatic nitrogens is 1. The summed E-state index contributed by atoms with van der Waals surface area (Å²) < 4.78 is 37.7. The van der Waals surface area contributed by atoms with Crippen molar-refractivity contribution in [3.63, 3.8) is 0 Å². The monoisotopic (exact) mass is 273 g/mol. The van der Waals surface area contributed by atoms with Gasteiger partial charge in [-0.2, -0.15) is 13.2 Å². The Kier molecular flexibility index (Phi) is 3.99. The van der Waals surface area contributed by atoms with Crippen LogP contribution in [0.1, 0.15) is 37.9 Å². The molecule has 1 atom stereocenters. The van der Waals surface area contributed by atoms with Crippen LogP contribution >= 0.6 is 0 Å². The van der Waals surface area contributed by atoms with Gasteiger partial charge < -0.3 is 10.6 Å². The van der Waals surface area contributed by atoms with Gasteiger partial charge in [0.25, 0.3) is 0 Å². The first-order valence-corrected chi connectivity index (χ1v) is 6.45. The lowest BCUT2D eigenvalue weighted by atomic mass is 10.1. The Morgan fingerprint density at radius 1 is 1.42 bits per heavy atom. The molecule has 2 rings (SSSR count). The van der Waals surface area contributed by atoms with Gasteiger partial charge in [-0.15, -0.1) is 0 Å². The lowest BCUT2D eigenvalue weighted by Crippen LogP contribution is -2.36. The largest absolute Gasteiger partial charge is 0.405 e. The minimum absolute atomic E-state index is 0.00544. The maximum atomic E-state index is 12.6. The molecule has 0 amide bonds. The van der Waals surface area contributed by atoms with Gasteiger partial charge in [-0.05, 0) is 31.4 Å². The summed E-state index contributed by atoms with van der Waals surface area (Å²) in [6.45, 7) is 1.03. The van der Waals surface area contributed by atoms with Crippen LogP contribution in [0.2, 0.25) is 0 Å². The molecule has 1 fully saturated rings. The molecule has 106 valence electrons. The molecule has 1 aromatic rings. The molecule has 0 bridgehead atoms. The summed E-state index contributed by atoms with van der Waals surface area (Å²) in [6.07, 6.45) is -0.324. The third-order valence-corrected chi connectivity index (χ3v) is 3.26. The fraction of sp³-hybridized carbons (Fsp3) is 0.615. The van der Waals surface area contributed by atoms with E-state index in [4.69, 9.17) is 5.73 Å². The zero-order valence-electron chi connectivity index (χ0n) is 10.8. The van der Waals surface area contributed by atoms with Gasteiger partial charge in [-0.3, -0.25) is 4.98 Å². The fourth-order valence-electron chi connectivity index (χ4n) is 2.01. The quantitative estimate of drug-likeness (QED) is 0.896. The molecule has 2 N–H and O–H groups in total. The summed E-state index contributed by atoms with van der Waals surface area (Å²) in [5, 5.41) is 0. The van der Waals surface area contributed by atoms with E-state index in [1.54, 1.807) is 12.1 Å². The molecule has 1 saturated carbocycles. The predicted molar refractivity (Wildman–Crippen MR) is 67.9 cm³/mol. The topological polar surface area (TPSA) is 42.1 Å². The summed E-state index contributed by atoms with van der Waals surface area (Å²) in [4.78, 5) is 5.56. The van der Waals surface area contributed by atoms with Crippen LogP contribution in [-0.4, -0.2) is 23.7 Å². The van der Waals surface area contributed by atoms with Crippen molar-refractivity contribution in [1.29, 1.82) is 0 Å². The Balaban J connectivity index is 2.13. The van der Waals surface area contributed by atoms with Crippen LogP contribution < -0.4 is 10.6 Å². The lowest BCUT2D eigenvalue weighted by molar-refractivity contribution is -0.120. The van der Waals surface area contributed by atoms with Crippen LogP contribution in [-0.2, 0) is 0 Å². The minimum Gasteiger partial charge on any atom is -0.358 e. The molecular weight excluding hydrogens is 255 g/mol. The number of nitrogens with zero attached hydrogens (tertiary/aromatic N) is 2. The van der Waals surface area contributed by atoms with E-state index in [-0.39, 0.29) is 12.1 Å². The van der Waals surface area contributed by atoms with E-state index in [2.05, 4.69) is 4.98 Å². The van der Waals surface area contributed by atoms with E-state index in [9.17, 15) is 13.2 Å². The smallest absolute Gasteiger partial charge is 0.358 e. The Labute approximate surface area is 110 Å². The minimum atomic E-state index is -4.19. The number of pyridine rings is 1. The Hall–Kier alpha value is -1.30. The van der Waals surface area contributed by atoms with Crippen molar-refractivity contribution in [3.05, 3.63) is 24.0 Å². The molecule has 0 saturated heterocycles. The van der Waals surface area contributed by atoms with Crippen LogP contribution in [0, 0.1) is 0 Å². The van der Waals surface area contributed by atoms with E-state index in [1.165, 1.54) is 11.1 Å². The standard InChI is InChI=1S/C13H18F3N3/c1-2-11(17)12-6-5-10(7-18-12)19(9-3-4-9)8-13(14,15)16/h5-7,9,11H,2-4,8,17H2,1H3/t11-/m0/s1. The number of halogens is 3. The van der Waals surface area contributed by atoms with Crippen LogP contribution in [0.3, 0.4) is 0 Å². The second-order valence-corrected chi connectivity index (χ2v) is 4.93. The number of rotatable bonds is 5. The molecule has 19 heavy (non-hydrogen) atoms. The maximum absolute atomic E-state index is 12.6. The third kappa shape index (κ3) is 3.83. The summed E-state index contributed by atoms with van der Waals surface area (Å²) in [7, 11) is 0. The van der Waals surface area contributed by atoms with Gasteiger partial charge in [0.05, 0.1) is 17.6 Å². The molecule has 0 aromatic carbocycles. The Morgan fingerprint density at radius 3 is 2.53 bits per heavy atom. The molecular formula is C13H18F3N3. The number of alkyl halides is 3. The highest BCUT2D eigenvalue weighted by Gasteiger charge is 2.38. The summed E-state index contributed by atoms with van der Waals surface area (Å²) in [5.74, 6) is 0. The SMILES string of the molecule is CC[C@H](N)c1ccc(N(CC(F)(F)F)C2CC2)cn1. The molecule has 0 unspecified atom stereocenters. The molecule has 0 radical (unpaired) electrons. The highest BCUT2D eigenvalue weighted by Crippen LogP contribution is 2.34. The average molecular weight is 273 g/mol. The highest BCUT2D eigenvalue weighted by molar-refractivity contribution is 5.47. The van der Waals surface area contributed by atoms with E-state index >= 15 is 0 Å². The molecule has 1 aliphatic rings. The van der Waals surface area contributed by atoms with Crippen LogP contribution in [0.4, 0.5) is 18.9 Å². The third-order valence-electron chi connectivity index (χ3n) is 3.26. The first kappa shape index (κ1) is 14.1. The van der Waals surface area contributed by atoms with Gasteiger partial charge in [-0.25, -0.2) is 0 Å². The summed E-state index contributed by atoms with van der Waals surface area (Å²) in [6, 6.07) is 3.23. The Bertz CT molecular complexity index is 412. The molecule has 1 aliphatic carbocycles. The van der Waals surface area contributed by atoms with Crippen molar-refractivity contribution in [3.8, 4) is 0 Å². The number of hydrogen-bond donors (Lipinski definition) is 1. The van der Waals surface area contributed by atoms with E-state index < -0.39 is 12.7 Å². The van der Waals surface area contributed by atoms with Gasteiger partial charge in [0.15, 0.2) is 0 Å². The molecule has 0 spiro atoms. The van der Waals surface area contributed by atoms with Gasteiger partial charge in [0.2, 0.25) is 0 Å². The van der Waals surface area contributed by atoms with E-state index in [1.807, 2.05) is 6.92 Å². The molecule has 3 nitrogen and oxygen atoms in total. The first-order valence-electron chi connectivity index (χ1n) is 6.45. The lowest BCUT2D eigenvalue weighted by Gasteiger charge is -2.25. The van der Waals surface area contributed by atoms with E-state index in [0.29, 0.717) is 11.4 Å². The average Bonchev–Trinajstić information content (AvgIpc) is 3.18. The van der Waals surface area contributed by atoms with E-state index in [0.717, 1.165) is 19.3 Å². The van der Waals surface area contributed by atoms with Crippen LogP contribution in [0.25, 0.3) is 0 Å². The maximum Gasteiger partial charge on any atom is 0.405 e. The van der Waals surface area contributed by atoms with Gasteiger partial charge in [0.1, 0.15) is 6.54 Å². The van der Waals surface area contributed by atoms with Crippen molar-refractivity contribution in [2.75, 3.05) is 11.4 Å². The zero-order valence-corrected chi connectivity index (χ0v) is 10.8. The molecule has 0 aliphatic heterocycles. The van der Waals surface area contributed by atoms with Crippen molar-refractivity contribution in [1.82, 2.24) is 4.98 Å². The van der Waals surface area contributed by atoms with Crippen LogP contribution in [0.15, 0.2) is 18.3 Å². The highest BCUT2D eigenvalue weighted by atomic mass is 19.4. The van der Waals surface area contributed by atoms with Gasteiger partial charge >= 0.3 is 6.18 Å². The van der Waals surface area contributed by atoms with Crippen molar-refractivity contribution in [2.45, 2.75) is 44.4 Å². The number of hydrogen-bond acceptors (Lipinski definition) is 3. The van der Waals surface area contributed by atoms with Crippen LogP contribution in [0.5, 0.6) is 0 Å². The van der Waals surface area contributed by atoms with Gasteiger partial charge in [0, 0.05) is 12.1 Å². The Morgan fingerprint density at radius 2 is 2.11 bits per heavy atom. The molecule has 6 heteroatoms. The summed E-state index contributed by atoms with van der Waals surface area (Å²) >= 11 is 0. The van der Waals surface area contributed by atoms with Crippen molar-refractivity contribution in [2.24, 2.45) is 5.73 Å². The number of anilines is 1. The zero-order chi connectivity index (χ0) is 14.0. The molecule has 1 heterocycles. The predicted octanol–water partition coefficient (Wildman–Crippen LogP) is 3.02. The summed E-state index contributed by atoms with van der Waals surface area (Å²) in [5.41, 5.74) is 7.08.